The second-order valence-corrected chi connectivity index (χ2v) is 6.61. The van der Waals surface area contributed by atoms with Gasteiger partial charge in [0, 0.05) is 0 Å². The maximum atomic E-state index is 10.9. The number of hydrogen-bond donors (Lipinski definition) is 0. The zero-order valence-corrected chi connectivity index (χ0v) is 11.4. The Morgan fingerprint density at radius 2 is 1.58 bits per heavy atom. The van der Waals surface area contributed by atoms with Gasteiger partial charge in [0.05, 0.1) is 23.5 Å². The van der Waals surface area contributed by atoms with Crippen molar-refractivity contribution in [2.45, 2.75) is 0 Å². The summed E-state index contributed by atoms with van der Waals surface area (Å²) >= 11 is 0. The van der Waals surface area contributed by atoms with E-state index in [9.17, 15) is 26.9 Å². The molecule has 1 aromatic rings. The molecule has 0 aliphatic carbocycles. The van der Waals surface area contributed by atoms with Crippen molar-refractivity contribution in [3.8, 4) is 11.5 Å². The van der Waals surface area contributed by atoms with Crippen LogP contribution in [0, 0.1) is 10.1 Å². The summed E-state index contributed by atoms with van der Waals surface area (Å²) in [4.78, 5) is 9.83. The first-order chi connectivity index (χ1) is 8.48. The molecule has 0 saturated heterocycles. The predicted molar refractivity (Wildman–Crippen MR) is 64.0 cm³/mol. The molecular formula is C8H9NO8S2. The van der Waals surface area contributed by atoms with Crippen molar-refractivity contribution in [1.82, 2.24) is 0 Å². The highest BCUT2D eigenvalue weighted by Gasteiger charge is 2.21. The highest BCUT2D eigenvalue weighted by atomic mass is 32.2. The fraction of sp³-hybridized carbons (Fsp3) is 0.250. The topological polar surface area (TPSA) is 130 Å². The molecule has 1 rings (SSSR count). The van der Waals surface area contributed by atoms with Crippen molar-refractivity contribution in [2.75, 3.05) is 12.5 Å². The minimum absolute atomic E-state index is 0.324. The van der Waals surface area contributed by atoms with Crippen molar-refractivity contribution in [3.05, 3.63) is 28.3 Å². The molecular weight excluding hydrogens is 302 g/mol. The van der Waals surface area contributed by atoms with E-state index in [0.29, 0.717) is 0 Å². The van der Waals surface area contributed by atoms with E-state index in [4.69, 9.17) is 0 Å². The zero-order chi connectivity index (χ0) is 14.8. The molecule has 0 N–H and O–H groups in total. The van der Waals surface area contributed by atoms with E-state index in [1.165, 1.54) is 0 Å². The average Bonchev–Trinajstić information content (AvgIpc) is 2.15. The molecule has 0 saturated carbocycles. The van der Waals surface area contributed by atoms with Gasteiger partial charge in [0.15, 0.2) is 0 Å². The van der Waals surface area contributed by atoms with Crippen LogP contribution < -0.4 is 8.37 Å². The van der Waals surface area contributed by atoms with E-state index in [0.717, 1.165) is 30.7 Å². The fourth-order valence-corrected chi connectivity index (χ4v) is 2.02. The SMILES string of the molecule is CS(=O)(=O)Oc1ccc(OS(C)(=O)=O)c([N+](=O)[O-])c1. The van der Waals surface area contributed by atoms with Crippen LogP contribution in [0.3, 0.4) is 0 Å². The van der Waals surface area contributed by atoms with Gasteiger partial charge in [-0.05, 0) is 12.1 Å². The van der Waals surface area contributed by atoms with E-state index in [1.54, 1.807) is 0 Å². The Kier molecular flexibility index (Phi) is 4.00. The standard InChI is InChI=1S/C8H9NO8S2/c1-18(12,13)16-6-3-4-8(17-19(2,14)15)7(5-6)9(10)11/h3-5H,1-2H3. The van der Waals surface area contributed by atoms with Gasteiger partial charge in [-0.2, -0.15) is 16.8 Å². The summed E-state index contributed by atoms with van der Waals surface area (Å²) in [6, 6.07) is 2.72. The Bertz CT molecular complexity index is 706. The smallest absolute Gasteiger partial charge is 0.316 e. The van der Waals surface area contributed by atoms with E-state index in [2.05, 4.69) is 8.37 Å². The number of hydrogen-bond acceptors (Lipinski definition) is 8. The molecule has 0 unspecified atom stereocenters. The van der Waals surface area contributed by atoms with Crippen molar-refractivity contribution in [3.63, 3.8) is 0 Å². The Morgan fingerprint density at radius 3 is 2.00 bits per heavy atom. The Hall–Kier alpha value is -1.88. The lowest BCUT2D eigenvalue weighted by Gasteiger charge is -2.06. The van der Waals surface area contributed by atoms with E-state index < -0.39 is 36.6 Å². The largest absolute Gasteiger partial charge is 0.382 e. The van der Waals surface area contributed by atoms with Gasteiger partial charge in [-0.15, -0.1) is 0 Å². The Labute approximate surface area is 109 Å². The van der Waals surface area contributed by atoms with Crippen LogP contribution in [-0.2, 0) is 20.2 Å². The zero-order valence-electron chi connectivity index (χ0n) is 9.76. The van der Waals surface area contributed by atoms with Gasteiger partial charge in [0.25, 0.3) is 0 Å². The third kappa shape index (κ3) is 5.09. The fourth-order valence-electron chi connectivity index (χ4n) is 1.10. The quantitative estimate of drug-likeness (QED) is 0.430. The molecule has 0 spiro atoms. The highest BCUT2D eigenvalue weighted by molar-refractivity contribution is 7.86. The predicted octanol–water partition coefficient (Wildman–Crippen LogP) is 0.272. The van der Waals surface area contributed by atoms with Crippen LogP contribution in [-0.4, -0.2) is 34.3 Å². The molecule has 19 heavy (non-hydrogen) atoms. The molecule has 0 amide bonds. The lowest BCUT2D eigenvalue weighted by Crippen LogP contribution is -2.09. The first-order valence-electron chi connectivity index (χ1n) is 4.55. The van der Waals surface area contributed by atoms with Gasteiger partial charge < -0.3 is 8.37 Å². The Morgan fingerprint density at radius 1 is 1.05 bits per heavy atom. The minimum atomic E-state index is -3.94. The number of benzene rings is 1. The van der Waals surface area contributed by atoms with Crippen molar-refractivity contribution in [1.29, 1.82) is 0 Å². The van der Waals surface area contributed by atoms with Gasteiger partial charge in [0.1, 0.15) is 5.75 Å². The summed E-state index contributed by atoms with van der Waals surface area (Å²) < 4.78 is 52.4. The molecule has 0 aromatic heterocycles. The molecule has 106 valence electrons. The lowest BCUT2D eigenvalue weighted by atomic mass is 10.3. The van der Waals surface area contributed by atoms with Crippen molar-refractivity contribution in [2.24, 2.45) is 0 Å². The number of nitrogens with zero attached hydrogens (tertiary/aromatic N) is 1. The van der Waals surface area contributed by atoms with Gasteiger partial charge in [-0.25, -0.2) is 0 Å². The summed E-state index contributed by atoms with van der Waals surface area (Å²) in [6.45, 7) is 0. The third-order valence-corrected chi connectivity index (χ3v) is 2.59. The summed E-state index contributed by atoms with van der Waals surface area (Å²) in [5.41, 5.74) is -0.730. The van der Waals surface area contributed by atoms with Crippen LogP contribution in [0.4, 0.5) is 5.69 Å². The maximum absolute atomic E-state index is 10.9. The minimum Gasteiger partial charge on any atom is -0.382 e. The molecule has 0 radical (unpaired) electrons. The average molecular weight is 311 g/mol. The first-order valence-corrected chi connectivity index (χ1v) is 8.18. The molecule has 0 fully saturated rings. The van der Waals surface area contributed by atoms with Crippen LogP contribution in [0.1, 0.15) is 0 Å². The second-order valence-electron chi connectivity index (χ2n) is 3.46. The molecule has 0 heterocycles. The summed E-state index contributed by atoms with van der Waals surface area (Å²) in [5.74, 6) is -0.858. The first kappa shape index (κ1) is 15.2. The normalized spacial score (nSPS) is 11.9. The van der Waals surface area contributed by atoms with Gasteiger partial charge in [-0.1, -0.05) is 0 Å². The van der Waals surface area contributed by atoms with Crippen LogP contribution in [0.5, 0.6) is 11.5 Å². The van der Waals surface area contributed by atoms with E-state index in [-0.39, 0.29) is 5.75 Å². The lowest BCUT2D eigenvalue weighted by molar-refractivity contribution is -0.385. The highest BCUT2D eigenvalue weighted by Crippen LogP contribution is 2.32. The van der Waals surface area contributed by atoms with Crippen molar-refractivity contribution < 1.29 is 30.1 Å². The summed E-state index contributed by atoms with van der Waals surface area (Å²) in [6.07, 6.45) is 1.48. The molecule has 1 aromatic carbocycles. The molecule has 11 heteroatoms. The molecule has 0 atom stereocenters. The second kappa shape index (κ2) is 5.01. The summed E-state index contributed by atoms with van der Waals surface area (Å²) in [7, 11) is -7.79. The molecule has 9 nitrogen and oxygen atoms in total. The van der Waals surface area contributed by atoms with Gasteiger partial charge in [0.2, 0.25) is 5.75 Å². The van der Waals surface area contributed by atoms with Crippen LogP contribution in [0.2, 0.25) is 0 Å². The number of nitro benzene ring substituents is 1. The van der Waals surface area contributed by atoms with Gasteiger partial charge >= 0.3 is 25.9 Å². The van der Waals surface area contributed by atoms with E-state index >= 15 is 0 Å². The van der Waals surface area contributed by atoms with Crippen LogP contribution >= 0.6 is 0 Å². The summed E-state index contributed by atoms with van der Waals surface area (Å²) in [5, 5.41) is 10.8. The maximum Gasteiger partial charge on any atom is 0.316 e. The van der Waals surface area contributed by atoms with Crippen LogP contribution in [0.15, 0.2) is 18.2 Å². The van der Waals surface area contributed by atoms with Crippen molar-refractivity contribution >= 4 is 25.9 Å². The molecule has 0 bridgehead atoms. The number of rotatable bonds is 5. The monoisotopic (exact) mass is 311 g/mol. The van der Waals surface area contributed by atoms with E-state index in [1.807, 2.05) is 0 Å². The molecule has 0 aliphatic rings. The number of nitro groups is 1. The third-order valence-electron chi connectivity index (χ3n) is 1.62. The van der Waals surface area contributed by atoms with Gasteiger partial charge in [-0.3, -0.25) is 10.1 Å². The Balaban J connectivity index is 3.26. The molecule has 0 aliphatic heterocycles. The van der Waals surface area contributed by atoms with Crippen LogP contribution in [0.25, 0.3) is 0 Å².